The summed E-state index contributed by atoms with van der Waals surface area (Å²) in [6, 6.07) is 6.84. The molecule has 5 heteroatoms. The number of hydrogen-bond donors (Lipinski definition) is 1. The van der Waals surface area contributed by atoms with Gasteiger partial charge in [0.25, 0.3) is 5.91 Å². The van der Waals surface area contributed by atoms with E-state index in [2.05, 4.69) is 0 Å². The first-order valence-corrected chi connectivity index (χ1v) is 6.32. The lowest BCUT2D eigenvalue weighted by Crippen LogP contribution is -2.37. The van der Waals surface area contributed by atoms with E-state index in [-0.39, 0.29) is 19.1 Å². The van der Waals surface area contributed by atoms with Crippen LogP contribution >= 0.6 is 11.6 Å². The molecule has 4 nitrogen and oxygen atoms in total. The molecular formula is C13H18ClNO3. The summed E-state index contributed by atoms with van der Waals surface area (Å²) in [5.41, 5.74) is 0. The highest BCUT2D eigenvalue weighted by atomic mass is 35.5. The third-order valence-corrected chi connectivity index (χ3v) is 2.64. The van der Waals surface area contributed by atoms with Gasteiger partial charge in [0.2, 0.25) is 0 Å². The zero-order chi connectivity index (χ0) is 13.4. The fraction of sp³-hybridized carbons (Fsp3) is 0.462. The fourth-order valence-corrected chi connectivity index (χ4v) is 1.65. The lowest BCUT2D eigenvalue weighted by atomic mass is 10.3. The maximum absolute atomic E-state index is 11.8. The molecule has 1 amide bonds. The number of hydrogen-bond acceptors (Lipinski definition) is 3. The van der Waals surface area contributed by atoms with Gasteiger partial charge in [-0.05, 0) is 30.7 Å². The molecule has 1 N–H and O–H groups in total. The maximum Gasteiger partial charge on any atom is 0.260 e. The SMILES string of the molecule is CCCN(CCO)C(=O)COc1ccc(Cl)cc1. The molecule has 0 aliphatic rings. The number of aliphatic hydroxyl groups is 1. The van der Waals surface area contributed by atoms with Crippen molar-refractivity contribution < 1.29 is 14.6 Å². The maximum atomic E-state index is 11.8. The predicted octanol–water partition coefficient (Wildman–Crippen LogP) is 1.95. The number of aliphatic hydroxyl groups excluding tert-OH is 1. The van der Waals surface area contributed by atoms with Gasteiger partial charge >= 0.3 is 0 Å². The quantitative estimate of drug-likeness (QED) is 0.825. The molecule has 0 aliphatic heterocycles. The molecular weight excluding hydrogens is 254 g/mol. The minimum absolute atomic E-state index is 0.0262. The van der Waals surface area contributed by atoms with Gasteiger partial charge in [-0.1, -0.05) is 18.5 Å². The highest BCUT2D eigenvalue weighted by molar-refractivity contribution is 6.30. The second-order valence-corrected chi connectivity index (χ2v) is 4.28. The summed E-state index contributed by atoms with van der Waals surface area (Å²) in [5.74, 6) is 0.481. The number of benzene rings is 1. The zero-order valence-corrected chi connectivity index (χ0v) is 11.2. The molecule has 1 aromatic rings. The molecule has 1 rings (SSSR count). The predicted molar refractivity (Wildman–Crippen MR) is 70.9 cm³/mol. The van der Waals surface area contributed by atoms with E-state index in [1.54, 1.807) is 29.2 Å². The molecule has 0 fully saturated rings. The first-order chi connectivity index (χ1) is 8.67. The number of nitrogens with zero attached hydrogens (tertiary/aromatic N) is 1. The standard InChI is InChI=1S/C13H18ClNO3/c1-2-7-15(8-9-16)13(17)10-18-12-5-3-11(14)4-6-12/h3-6,16H,2,7-10H2,1H3. The molecule has 0 radical (unpaired) electrons. The van der Waals surface area contributed by atoms with Crippen LogP contribution in [0.3, 0.4) is 0 Å². The fourth-order valence-electron chi connectivity index (χ4n) is 1.52. The average Bonchev–Trinajstić information content (AvgIpc) is 2.37. The van der Waals surface area contributed by atoms with E-state index in [9.17, 15) is 4.79 Å². The monoisotopic (exact) mass is 271 g/mol. The van der Waals surface area contributed by atoms with Crippen LogP contribution in [0.2, 0.25) is 5.02 Å². The number of rotatable bonds is 7. The third-order valence-electron chi connectivity index (χ3n) is 2.39. The molecule has 0 aliphatic carbocycles. The Kier molecular flexibility index (Phi) is 6.54. The highest BCUT2D eigenvalue weighted by Crippen LogP contribution is 2.15. The van der Waals surface area contributed by atoms with Gasteiger partial charge in [-0.25, -0.2) is 0 Å². The summed E-state index contributed by atoms with van der Waals surface area (Å²) in [6.07, 6.45) is 0.854. The Hall–Kier alpha value is -1.26. The number of carbonyl (C=O) groups is 1. The Balaban J connectivity index is 2.45. The molecule has 0 unspecified atom stereocenters. The minimum atomic E-state index is -0.124. The lowest BCUT2D eigenvalue weighted by Gasteiger charge is -2.21. The van der Waals surface area contributed by atoms with Gasteiger partial charge < -0.3 is 14.7 Å². The Morgan fingerprint density at radius 1 is 1.33 bits per heavy atom. The molecule has 0 atom stereocenters. The topological polar surface area (TPSA) is 49.8 Å². The van der Waals surface area contributed by atoms with Crippen LogP contribution in [-0.2, 0) is 4.79 Å². The smallest absolute Gasteiger partial charge is 0.260 e. The molecule has 0 saturated heterocycles. The van der Waals surface area contributed by atoms with Crippen molar-refractivity contribution in [3.8, 4) is 5.75 Å². The van der Waals surface area contributed by atoms with Crippen molar-refractivity contribution >= 4 is 17.5 Å². The molecule has 0 saturated carbocycles. The summed E-state index contributed by atoms with van der Waals surface area (Å²) >= 11 is 5.75. The summed E-state index contributed by atoms with van der Waals surface area (Å²) < 4.78 is 5.36. The molecule has 0 bridgehead atoms. The normalized spacial score (nSPS) is 10.2. The van der Waals surface area contributed by atoms with E-state index in [4.69, 9.17) is 21.4 Å². The second kappa shape index (κ2) is 7.95. The van der Waals surface area contributed by atoms with Gasteiger partial charge in [0.1, 0.15) is 5.75 Å². The van der Waals surface area contributed by atoms with Gasteiger partial charge in [-0.3, -0.25) is 4.79 Å². The van der Waals surface area contributed by atoms with Crippen molar-refractivity contribution in [3.63, 3.8) is 0 Å². The van der Waals surface area contributed by atoms with Crippen LogP contribution in [0.25, 0.3) is 0 Å². The van der Waals surface area contributed by atoms with E-state index in [1.165, 1.54) is 0 Å². The highest BCUT2D eigenvalue weighted by Gasteiger charge is 2.12. The Morgan fingerprint density at radius 3 is 2.56 bits per heavy atom. The molecule has 0 aromatic heterocycles. The van der Waals surface area contributed by atoms with Crippen molar-refractivity contribution in [1.82, 2.24) is 4.90 Å². The van der Waals surface area contributed by atoms with Crippen LogP contribution in [0.15, 0.2) is 24.3 Å². The summed E-state index contributed by atoms with van der Waals surface area (Å²) in [7, 11) is 0. The number of halogens is 1. The van der Waals surface area contributed by atoms with Gasteiger partial charge in [0.05, 0.1) is 6.61 Å². The molecule has 100 valence electrons. The van der Waals surface area contributed by atoms with E-state index >= 15 is 0 Å². The van der Waals surface area contributed by atoms with Gasteiger partial charge in [0.15, 0.2) is 6.61 Å². The van der Waals surface area contributed by atoms with Crippen LogP contribution in [0.5, 0.6) is 5.75 Å². The van der Waals surface area contributed by atoms with Crippen molar-refractivity contribution in [3.05, 3.63) is 29.3 Å². The first kappa shape index (κ1) is 14.8. The molecule has 0 heterocycles. The number of amides is 1. The Bertz CT molecular complexity index is 361. The largest absolute Gasteiger partial charge is 0.484 e. The van der Waals surface area contributed by atoms with Crippen LogP contribution in [0, 0.1) is 0 Å². The number of ether oxygens (including phenoxy) is 1. The van der Waals surface area contributed by atoms with Crippen LogP contribution in [0.1, 0.15) is 13.3 Å². The van der Waals surface area contributed by atoms with Gasteiger partial charge in [-0.15, -0.1) is 0 Å². The Morgan fingerprint density at radius 2 is 2.00 bits per heavy atom. The van der Waals surface area contributed by atoms with Crippen LogP contribution in [-0.4, -0.2) is 42.2 Å². The van der Waals surface area contributed by atoms with E-state index in [0.29, 0.717) is 23.9 Å². The summed E-state index contributed by atoms with van der Waals surface area (Å²) in [4.78, 5) is 13.4. The molecule has 0 spiro atoms. The summed E-state index contributed by atoms with van der Waals surface area (Å²) in [6.45, 7) is 2.89. The van der Waals surface area contributed by atoms with Crippen LogP contribution in [0.4, 0.5) is 0 Å². The van der Waals surface area contributed by atoms with Crippen molar-refractivity contribution in [1.29, 1.82) is 0 Å². The minimum Gasteiger partial charge on any atom is -0.484 e. The van der Waals surface area contributed by atoms with Crippen molar-refractivity contribution in [2.75, 3.05) is 26.3 Å². The van der Waals surface area contributed by atoms with E-state index in [0.717, 1.165) is 6.42 Å². The second-order valence-electron chi connectivity index (χ2n) is 3.85. The lowest BCUT2D eigenvalue weighted by molar-refractivity contribution is -0.133. The zero-order valence-electron chi connectivity index (χ0n) is 10.4. The van der Waals surface area contributed by atoms with E-state index < -0.39 is 0 Å². The van der Waals surface area contributed by atoms with Crippen LogP contribution < -0.4 is 4.74 Å². The van der Waals surface area contributed by atoms with Crippen molar-refractivity contribution in [2.24, 2.45) is 0 Å². The molecule has 18 heavy (non-hydrogen) atoms. The Labute approximate surface area is 112 Å². The van der Waals surface area contributed by atoms with E-state index in [1.807, 2.05) is 6.92 Å². The van der Waals surface area contributed by atoms with Gasteiger partial charge in [0, 0.05) is 18.1 Å². The summed E-state index contributed by atoms with van der Waals surface area (Å²) in [5, 5.41) is 9.51. The van der Waals surface area contributed by atoms with Crippen molar-refractivity contribution in [2.45, 2.75) is 13.3 Å². The molecule has 1 aromatic carbocycles. The average molecular weight is 272 g/mol. The van der Waals surface area contributed by atoms with Gasteiger partial charge in [-0.2, -0.15) is 0 Å². The first-order valence-electron chi connectivity index (χ1n) is 5.94. The number of carbonyl (C=O) groups excluding carboxylic acids is 1. The third kappa shape index (κ3) is 4.94.